The topological polar surface area (TPSA) is 29.5 Å². The molecule has 110 valence electrons. The molecule has 1 fully saturated rings. The number of nitrogens with zero attached hydrogens (tertiary/aromatic N) is 1. The maximum atomic E-state index is 12.3. The average molecular weight is 275 g/mol. The smallest absolute Gasteiger partial charge is 0.222 e. The number of carbonyl (C=O) groups excluding carboxylic acids is 1. The van der Waals surface area contributed by atoms with Crippen LogP contribution in [0.5, 0.6) is 5.75 Å². The number of piperidine rings is 1. The summed E-state index contributed by atoms with van der Waals surface area (Å²) in [5.74, 6) is 1.83. The Hall–Kier alpha value is -1.51. The van der Waals surface area contributed by atoms with Gasteiger partial charge in [0.05, 0.1) is 6.61 Å². The van der Waals surface area contributed by atoms with Gasteiger partial charge in [0.2, 0.25) is 5.91 Å². The third-order valence-electron chi connectivity index (χ3n) is 3.89. The first kappa shape index (κ1) is 14.9. The zero-order chi connectivity index (χ0) is 14.4. The molecule has 0 unspecified atom stereocenters. The van der Waals surface area contributed by atoms with Crippen molar-refractivity contribution in [3.63, 3.8) is 0 Å². The van der Waals surface area contributed by atoms with Gasteiger partial charge in [-0.25, -0.2) is 0 Å². The van der Waals surface area contributed by atoms with Gasteiger partial charge in [0.15, 0.2) is 0 Å². The minimum absolute atomic E-state index is 0.280. The van der Waals surface area contributed by atoms with Gasteiger partial charge in [-0.3, -0.25) is 4.79 Å². The number of para-hydroxylation sites is 1. The van der Waals surface area contributed by atoms with Gasteiger partial charge in [-0.1, -0.05) is 25.1 Å². The number of carbonyl (C=O) groups is 1. The van der Waals surface area contributed by atoms with E-state index in [1.165, 1.54) is 6.42 Å². The first-order chi connectivity index (χ1) is 9.70. The van der Waals surface area contributed by atoms with E-state index >= 15 is 0 Å². The monoisotopic (exact) mass is 275 g/mol. The van der Waals surface area contributed by atoms with Crippen molar-refractivity contribution in [2.75, 3.05) is 19.7 Å². The minimum atomic E-state index is 0.280. The van der Waals surface area contributed by atoms with Crippen molar-refractivity contribution in [3.05, 3.63) is 29.8 Å². The molecule has 1 aromatic carbocycles. The summed E-state index contributed by atoms with van der Waals surface area (Å²) in [4.78, 5) is 14.3. The molecule has 1 saturated heterocycles. The van der Waals surface area contributed by atoms with Crippen molar-refractivity contribution in [1.29, 1.82) is 0 Å². The van der Waals surface area contributed by atoms with Gasteiger partial charge in [-0.05, 0) is 43.7 Å². The van der Waals surface area contributed by atoms with Gasteiger partial charge in [0.25, 0.3) is 0 Å². The molecule has 1 aromatic rings. The highest BCUT2D eigenvalue weighted by atomic mass is 16.5. The van der Waals surface area contributed by atoms with E-state index < -0.39 is 0 Å². The van der Waals surface area contributed by atoms with E-state index in [2.05, 4.69) is 13.0 Å². The number of hydrogen-bond acceptors (Lipinski definition) is 2. The van der Waals surface area contributed by atoms with Crippen LogP contribution in [0.15, 0.2) is 24.3 Å². The van der Waals surface area contributed by atoms with Gasteiger partial charge < -0.3 is 9.64 Å². The second-order valence-corrected chi connectivity index (χ2v) is 5.63. The van der Waals surface area contributed by atoms with Crippen molar-refractivity contribution in [2.45, 2.75) is 39.5 Å². The second-order valence-electron chi connectivity index (χ2n) is 5.63. The summed E-state index contributed by atoms with van der Waals surface area (Å²) in [6.45, 7) is 6.72. The summed E-state index contributed by atoms with van der Waals surface area (Å²) >= 11 is 0. The van der Waals surface area contributed by atoms with Crippen LogP contribution in [0.2, 0.25) is 0 Å². The Morgan fingerprint density at radius 2 is 2.20 bits per heavy atom. The Morgan fingerprint density at radius 1 is 1.40 bits per heavy atom. The number of hydrogen-bond donors (Lipinski definition) is 0. The van der Waals surface area contributed by atoms with Crippen LogP contribution in [0.1, 0.15) is 38.7 Å². The van der Waals surface area contributed by atoms with Crippen molar-refractivity contribution >= 4 is 5.91 Å². The van der Waals surface area contributed by atoms with Crippen molar-refractivity contribution in [1.82, 2.24) is 4.90 Å². The molecule has 0 aromatic heterocycles. The van der Waals surface area contributed by atoms with Gasteiger partial charge in [0.1, 0.15) is 5.75 Å². The number of amides is 1. The Morgan fingerprint density at radius 3 is 2.95 bits per heavy atom. The van der Waals surface area contributed by atoms with Gasteiger partial charge in [-0.2, -0.15) is 0 Å². The Labute approximate surface area is 121 Å². The lowest BCUT2D eigenvalue weighted by atomic mass is 9.99. The molecule has 1 heterocycles. The molecule has 0 radical (unpaired) electrons. The van der Waals surface area contributed by atoms with E-state index in [0.29, 0.717) is 18.9 Å². The minimum Gasteiger partial charge on any atom is -0.494 e. The predicted octanol–water partition coefficient (Wildman–Crippen LogP) is 3.28. The lowest BCUT2D eigenvalue weighted by Gasteiger charge is -2.31. The van der Waals surface area contributed by atoms with Crippen molar-refractivity contribution in [3.8, 4) is 5.75 Å². The Kier molecular flexibility index (Phi) is 5.45. The molecule has 3 nitrogen and oxygen atoms in total. The van der Waals surface area contributed by atoms with E-state index in [4.69, 9.17) is 4.74 Å². The molecular weight excluding hydrogens is 250 g/mol. The van der Waals surface area contributed by atoms with Crippen LogP contribution in [0.3, 0.4) is 0 Å². The summed E-state index contributed by atoms with van der Waals surface area (Å²) in [5.41, 5.74) is 1.13. The van der Waals surface area contributed by atoms with E-state index in [1.807, 2.05) is 30.0 Å². The van der Waals surface area contributed by atoms with Gasteiger partial charge in [-0.15, -0.1) is 0 Å². The van der Waals surface area contributed by atoms with Crippen LogP contribution < -0.4 is 4.74 Å². The van der Waals surface area contributed by atoms with E-state index in [0.717, 1.165) is 37.2 Å². The third-order valence-corrected chi connectivity index (χ3v) is 3.89. The zero-order valence-electron chi connectivity index (χ0n) is 12.6. The lowest BCUT2D eigenvalue weighted by Crippen LogP contribution is -2.39. The summed E-state index contributed by atoms with van der Waals surface area (Å²) in [6.07, 6.45) is 3.73. The molecule has 3 heteroatoms. The van der Waals surface area contributed by atoms with Crippen LogP contribution in [0.4, 0.5) is 0 Å². The van der Waals surface area contributed by atoms with Gasteiger partial charge >= 0.3 is 0 Å². The van der Waals surface area contributed by atoms with E-state index in [1.54, 1.807) is 0 Å². The maximum Gasteiger partial charge on any atom is 0.222 e. The average Bonchev–Trinajstić information content (AvgIpc) is 2.46. The fourth-order valence-corrected chi connectivity index (χ4v) is 2.82. The van der Waals surface area contributed by atoms with Crippen LogP contribution in [0.25, 0.3) is 0 Å². The standard InChI is InChI=1S/C17H25NO2/c1-3-20-16-9-5-4-8-15(16)10-11-17(19)18-12-6-7-14(2)13-18/h4-5,8-9,14H,3,6-7,10-13H2,1-2H3/t14-/m1/s1. The molecular formula is C17H25NO2. The van der Waals surface area contributed by atoms with Crippen LogP contribution >= 0.6 is 0 Å². The highest BCUT2D eigenvalue weighted by molar-refractivity contribution is 5.76. The molecule has 20 heavy (non-hydrogen) atoms. The van der Waals surface area contributed by atoms with Crippen LogP contribution in [-0.4, -0.2) is 30.5 Å². The Bertz CT molecular complexity index is 444. The fraction of sp³-hybridized carbons (Fsp3) is 0.588. The number of likely N-dealkylation sites (tertiary alicyclic amines) is 1. The normalized spacial score (nSPS) is 18.9. The van der Waals surface area contributed by atoms with Crippen LogP contribution in [-0.2, 0) is 11.2 Å². The zero-order valence-corrected chi connectivity index (χ0v) is 12.6. The lowest BCUT2D eigenvalue weighted by molar-refractivity contribution is -0.132. The molecule has 0 spiro atoms. The van der Waals surface area contributed by atoms with Gasteiger partial charge in [0, 0.05) is 19.5 Å². The highest BCUT2D eigenvalue weighted by Gasteiger charge is 2.20. The third kappa shape index (κ3) is 3.99. The number of ether oxygens (including phenoxy) is 1. The molecule has 1 amide bonds. The second kappa shape index (κ2) is 7.32. The number of benzene rings is 1. The molecule has 2 rings (SSSR count). The molecule has 0 aliphatic carbocycles. The summed E-state index contributed by atoms with van der Waals surface area (Å²) in [5, 5.41) is 0. The summed E-state index contributed by atoms with van der Waals surface area (Å²) < 4.78 is 5.61. The summed E-state index contributed by atoms with van der Waals surface area (Å²) in [7, 11) is 0. The predicted molar refractivity (Wildman–Crippen MR) is 80.9 cm³/mol. The fourth-order valence-electron chi connectivity index (χ4n) is 2.82. The van der Waals surface area contributed by atoms with E-state index in [9.17, 15) is 4.79 Å². The molecule has 1 aliphatic rings. The molecule has 0 N–H and O–H groups in total. The first-order valence-electron chi connectivity index (χ1n) is 7.69. The largest absolute Gasteiger partial charge is 0.494 e. The molecule has 1 aliphatic heterocycles. The summed E-state index contributed by atoms with van der Waals surface area (Å²) in [6, 6.07) is 8.01. The van der Waals surface area contributed by atoms with Crippen LogP contribution in [0, 0.1) is 5.92 Å². The quantitative estimate of drug-likeness (QED) is 0.825. The number of rotatable bonds is 5. The SMILES string of the molecule is CCOc1ccccc1CCC(=O)N1CCC[C@@H](C)C1. The molecule has 0 bridgehead atoms. The van der Waals surface area contributed by atoms with E-state index in [-0.39, 0.29) is 5.91 Å². The molecule has 1 atom stereocenters. The maximum absolute atomic E-state index is 12.3. The Balaban J connectivity index is 1.89. The highest BCUT2D eigenvalue weighted by Crippen LogP contribution is 2.21. The van der Waals surface area contributed by atoms with Crippen molar-refractivity contribution < 1.29 is 9.53 Å². The molecule has 0 saturated carbocycles. The first-order valence-corrected chi connectivity index (χ1v) is 7.69. The number of aryl methyl sites for hydroxylation is 1. The van der Waals surface area contributed by atoms with Crippen molar-refractivity contribution in [2.24, 2.45) is 5.92 Å².